The van der Waals surface area contributed by atoms with E-state index in [-0.39, 0.29) is 23.7 Å². The third-order valence-corrected chi connectivity index (χ3v) is 6.06. The second kappa shape index (κ2) is 9.45. The van der Waals surface area contributed by atoms with Crippen molar-refractivity contribution in [3.05, 3.63) is 34.3 Å². The number of amides is 2. The van der Waals surface area contributed by atoms with Gasteiger partial charge in [-0.3, -0.25) is 14.9 Å². The van der Waals surface area contributed by atoms with Crippen LogP contribution in [0.5, 0.6) is 0 Å². The Morgan fingerprint density at radius 3 is 3.04 bits per heavy atom. The van der Waals surface area contributed by atoms with Crippen LogP contribution in [-0.2, 0) is 9.53 Å². The normalized spacial score (nSPS) is 16.4. The number of thioether (sulfide) groups is 1. The summed E-state index contributed by atoms with van der Waals surface area (Å²) in [4.78, 5) is 24.0. The molecule has 10 heteroatoms. The Kier molecular flexibility index (Phi) is 7.00. The zero-order chi connectivity index (χ0) is 18.4. The molecule has 26 heavy (non-hydrogen) atoms. The molecule has 2 heterocycles. The summed E-state index contributed by atoms with van der Waals surface area (Å²) in [7, 11) is 0. The minimum Gasteiger partial charge on any atom is -0.376 e. The van der Waals surface area contributed by atoms with E-state index >= 15 is 0 Å². The molecular weight excluding hydrogens is 440 g/mol. The second-order valence-electron chi connectivity index (χ2n) is 5.57. The molecule has 1 saturated heterocycles. The van der Waals surface area contributed by atoms with Crippen LogP contribution in [-0.4, -0.2) is 47.0 Å². The largest absolute Gasteiger partial charge is 0.376 e. The first-order valence-electron chi connectivity index (χ1n) is 8.01. The lowest BCUT2D eigenvalue weighted by atomic mass is 10.2. The highest BCUT2D eigenvalue weighted by Gasteiger charge is 2.17. The van der Waals surface area contributed by atoms with Crippen LogP contribution in [0.2, 0.25) is 0 Å². The summed E-state index contributed by atoms with van der Waals surface area (Å²) in [5.41, 5.74) is 0.525. The van der Waals surface area contributed by atoms with Crippen molar-refractivity contribution < 1.29 is 14.3 Å². The van der Waals surface area contributed by atoms with Crippen molar-refractivity contribution in [2.75, 3.05) is 24.2 Å². The maximum Gasteiger partial charge on any atom is 0.257 e. The van der Waals surface area contributed by atoms with Crippen LogP contribution in [0.1, 0.15) is 23.2 Å². The second-order valence-corrected chi connectivity index (χ2v) is 8.68. The van der Waals surface area contributed by atoms with Crippen LogP contribution in [0.25, 0.3) is 0 Å². The number of nitrogens with zero attached hydrogens (tertiary/aromatic N) is 2. The number of hydrogen-bond acceptors (Lipinski definition) is 7. The minimum absolute atomic E-state index is 0.0691. The first-order valence-corrected chi connectivity index (χ1v) is 10.6. The summed E-state index contributed by atoms with van der Waals surface area (Å²) in [6.45, 7) is 1.32. The summed E-state index contributed by atoms with van der Waals surface area (Å²) in [6, 6.07) is 7.08. The summed E-state index contributed by atoms with van der Waals surface area (Å²) in [6.07, 6.45) is 2.17. The molecule has 1 aromatic carbocycles. The Hall–Kier alpha value is -1.49. The molecule has 0 spiro atoms. The lowest BCUT2D eigenvalue weighted by molar-refractivity contribution is -0.119. The zero-order valence-corrected chi connectivity index (χ0v) is 17.0. The quantitative estimate of drug-likeness (QED) is 0.491. The maximum atomic E-state index is 12.2. The molecule has 2 N–H and O–H groups in total. The van der Waals surface area contributed by atoms with Crippen molar-refractivity contribution in [3.8, 4) is 0 Å². The molecule has 0 saturated carbocycles. The fourth-order valence-corrected chi connectivity index (χ4v) is 4.31. The first-order chi connectivity index (χ1) is 12.6. The van der Waals surface area contributed by atoms with Gasteiger partial charge in [-0.05, 0) is 31.0 Å². The van der Waals surface area contributed by atoms with E-state index in [1.807, 2.05) is 6.07 Å². The fraction of sp³-hybridized carbons (Fsp3) is 0.375. The molecule has 2 amide bonds. The maximum absolute atomic E-state index is 12.2. The molecule has 1 atom stereocenters. The highest BCUT2D eigenvalue weighted by molar-refractivity contribution is 9.10. The number of nitrogens with one attached hydrogen (secondary N) is 2. The topological polar surface area (TPSA) is 93.2 Å². The molecule has 1 aromatic heterocycles. The minimum atomic E-state index is -0.256. The van der Waals surface area contributed by atoms with Crippen molar-refractivity contribution in [2.45, 2.75) is 23.3 Å². The number of anilines is 1. The molecule has 138 valence electrons. The monoisotopic (exact) mass is 456 g/mol. The third kappa shape index (κ3) is 5.76. The Bertz CT molecular complexity index is 780. The van der Waals surface area contributed by atoms with Gasteiger partial charge in [-0.1, -0.05) is 45.1 Å². The number of carbonyl (C=O) groups is 2. The Balaban J connectivity index is 1.44. The lowest BCUT2D eigenvalue weighted by Gasteiger charge is -2.09. The van der Waals surface area contributed by atoms with Gasteiger partial charge in [0.15, 0.2) is 4.34 Å². The molecule has 7 nitrogen and oxygen atoms in total. The third-order valence-electron chi connectivity index (χ3n) is 3.59. The predicted octanol–water partition coefficient (Wildman–Crippen LogP) is 2.94. The van der Waals surface area contributed by atoms with Gasteiger partial charge in [-0.25, -0.2) is 0 Å². The van der Waals surface area contributed by atoms with Crippen molar-refractivity contribution in [1.29, 1.82) is 0 Å². The van der Waals surface area contributed by atoms with Gasteiger partial charge in [-0.15, -0.1) is 10.2 Å². The Morgan fingerprint density at radius 1 is 1.38 bits per heavy atom. The van der Waals surface area contributed by atoms with E-state index in [4.69, 9.17) is 4.74 Å². The number of benzene rings is 1. The van der Waals surface area contributed by atoms with Gasteiger partial charge in [0.25, 0.3) is 5.91 Å². The van der Waals surface area contributed by atoms with Crippen LogP contribution < -0.4 is 10.6 Å². The van der Waals surface area contributed by atoms with E-state index in [0.29, 0.717) is 21.6 Å². The van der Waals surface area contributed by atoms with Crippen LogP contribution in [0.3, 0.4) is 0 Å². The summed E-state index contributed by atoms with van der Waals surface area (Å²) in [5, 5.41) is 13.9. The molecule has 1 aliphatic heterocycles. The number of halogens is 1. The first kappa shape index (κ1) is 19.3. The lowest BCUT2D eigenvalue weighted by Crippen LogP contribution is -2.32. The molecular formula is C16H17BrN4O3S2. The molecule has 0 radical (unpaired) electrons. The van der Waals surface area contributed by atoms with Crippen molar-refractivity contribution in [1.82, 2.24) is 15.5 Å². The van der Waals surface area contributed by atoms with Crippen molar-refractivity contribution in [3.63, 3.8) is 0 Å². The number of ether oxygens (including phenoxy) is 1. The molecule has 0 bridgehead atoms. The van der Waals surface area contributed by atoms with E-state index in [2.05, 4.69) is 36.8 Å². The highest BCUT2D eigenvalue weighted by atomic mass is 79.9. The van der Waals surface area contributed by atoms with Crippen molar-refractivity contribution >= 4 is 56.0 Å². The van der Waals surface area contributed by atoms with Gasteiger partial charge in [0.05, 0.1) is 11.9 Å². The van der Waals surface area contributed by atoms with Gasteiger partial charge in [0, 0.05) is 23.2 Å². The average Bonchev–Trinajstić information content (AvgIpc) is 3.30. The SMILES string of the molecule is O=C(CSc1nnc(NC(=O)c2cccc(Br)c2)s1)NCC1CCCO1. The molecule has 0 aliphatic carbocycles. The predicted molar refractivity (Wildman–Crippen MR) is 105 cm³/mol. The smallest absolute Gasteiger partial charge is 0.257 e. The van der Waals surface area contributed by atoms with E-state index in [1.54, 1.807) is 18.2 Å². The van der Waals surface area contributed by atoms with E-state index < -0.39 is 0 Å². The van der Waals surface area contributed by atoms with Crippen molar-refractivity contribution in [2.24, 2.45) is 0 Å². The van der Waals surface area contributed by atoms with Gasteiger partial charge < -0.3 is 10.1 Å². The van der Waals surface area contributed by atoms with Crippen LogP contribution in [0.15, 0.2) is 33.1 Å². The number of hydrogen-bond donors (Lipinski definition) is 2. The molecule has 1 aliphatic rings. The Morgan fingerprint density at radius 2 is 2.27 bits per heavy atom. The molecule has 2 aromatic rings. The van der Waals surface area contributed by atoms with Gasteiger partial charge in [-0.2, -0.15) is 0 Å². The Labute approximate surface area is 167 Å². The van der Waals surface area contributed by atoms with E-state index in [9.17, 15) is 9.59 Å². The number of aromatic nitrogens is 2. The van der Waals surface area contributed by atoms with Crippen LogP contribution in [0.4, 0.5) is 5.13 Å². The highest BCUT2D eigenvalue weighted by Crippen LogP contribution is 2.25. The standard InChI is InChI=1S/C16H17BrN4O3S2/c17-11-4-1-3-10(7-11)14(23)19-15-20-21-16(26-15)25-9-13(22)18-8-12-5-2-6-24-12/h1,3-4,7,12H,2,5-6,8-9H2,(H,18,22)(H,19,20,23). The summed E-state index contributed by atoms with van der Waals surface area (Å²) in [5.74, 6) is -0.0743. The zero-order valence-electron chi connectivity index (χ0n) is 13.7. The number of carbonyl (C=O) groups excluding carboxylic acids is 2. The molecule has 1 fully saturated rings. The summed E-state index contributed by atoms with van der Waals surface area (Å²) >= 11 is 5.86. The fourth-order valence-electron chi connectivity index (χ4n) is 2.33. The van der Waals surface area contributed by atoms with Crippen LogP contribution >= 0.6 is 39.0 Å². The van der Waals surface area contributed by atoms with Gasteiger partial charge in [0.2, 0.25) is 11.0 Å². The number of rotatable bonds is 7. The van der Waals surface area contributed by atoms with Gasteiger partial charge in [0.1, 0.15) is 0 Å². The summed E-state index contributed by atoms with van der Waals surface area (Å²) < 4.78 is 6.92. The van der Waals surface area contributed by atoms with E-state index in [1.165, 1.54) is 23.1 Å². The average molecular weight is 457 g/mol. The van der Waals surface area contributed by atoms with E-state index in [0.717, 1.165) is 23.9 Å². The van der Waals surface area contributed by atoms with Crippen LogP contribution in [0, 0.1) is 0 Å². The molecule has 3 rings (SSSR count). The molecule has 1 unspecified atom stereocenters. The van der Waals surface area contributed by atoms with Gasteiger partial charge >= 0.3 is 0 Å².